The first kappa shape index (κ1) is 26.4. The Morgan fingerprint density at radius 3 is 2.32 bits per heavy atom. The second-order valence-electron chi connectivity index (χ2n) is 10.0. The summed E-state index contributed by atoms with van der Waals surface area (Å²) < 4.78 is 72.7. The Bertz CT molecular complexity index is 1300. The topological polar surface area (TPSA) is 95.9 Å². The number of β-amino-alcohol motifs (C(OH)–C–C–N with tert-alkyl or cyclic N) is 1. The largest absolute Gasteiger partial charge is 0.388 e. The number of fused-ring (bicyclic) bond motifs is 2. The predicted octanol–water partition coefficient (Wildman–Crippen LogP) is 3.65. The number of anilines is 1. The van der Waals surface area contributed by atoms with Crippen molar-refractivity contribution in [3.8, 4) is 0 Å². The van der Waals surface area contributed by atoms with Crippen LogP contribution in [0, 0.1) is 29.3 Å². The molecule has 2 aromatic carbocycles. The number of hydrogen-bond donors (Lipinski definition) is 2. The summed E-state index contributed by atoms with van der Waals surface area (Å²) >= 11 is 6.24. The lowest BCUT2D eigenvalue weighted by atomic mass is 9.53. The molecule has 200 valence electrons. The zero-order valence-corrected chi connectivity index (χ0v) is 21.3. The smallest absolute Gasteiger partial charge is 0.255 e. The molecule has 1 heterocycles. The lowest BCUT2D eigenvalue weighted by Crippen LogP contribution is -2.66. The Labute approximate surface area is 217 Å². The third-order valence-electron chi connectivity index (χ3n) is 7.84. The maximum absolute atomic E-state index is 13.6. The molecule has 6 rings (SSSR count). The number of nitrogens with one attached hydrogen (secondary N) is 1. The number of carbonyl (C=O) groups excluding carboxylic acids is 1. The van der Waals surface area contributed by atoms with Crippen molar-refractivity contribution in [2.45, 2.75) is 35.0 Å². The van der Waals surface area contributed by atoms with Crippen molar-refractivity contribution in [3.63, 3.8) is 0 Å². The van der Waals surface area contributed by atoms with Crippen molar-refractivity contribution in [3.05, 3.63) is 58.4 Å². The first-order chi connectivity index (χ1) is 17.5. The van der Waals surface area contributed by atoms with Crippen molar-refractivity contribution >= 4 is 33.0 Å². The fourth-order valence-corrected chi connectivity index (χ4v) is 8.16. The Morgan fingerprint density at radius 1 is 1.08 bits per heavy atom. The molecular weight excluding hydrogens is 533 g/mol. The Balaban J connectivity index is 1.32. The van der Waals surface area contributed by atoms with E-state index >= 15 is 0 Å². The molecule has 7 nitrogen and oxygen atoms in total. The number of rotatable bonds is 6. The summed E-state index contributed by atoms with van der Waals surface area (Å²) in [6.07, 6.45) is 1.31. The van der Waals surface area contributed by atoms with Crippen LogP contribution in [0.2, 0.25) is 5.02 Å². The average Bonchev–Trinajstić information content (AvgIpc) is 2.87. The summed E-state index contributed by atoms with van der Waals surface area (Å²) in [6, 6.07) is 4.93. The molecule has 2 unspecified atom stereocenters. The van der Waals surface area contributed by atoms with Crippen molar-refractivity contribution < 1.29 is 36.2 Å². The molecule has 2 aromatic rings. The molecule has 1 aliphatic heterocycles. The molecule has 0 radical (unpaired) electrons. The molecule has 3 saturated carbocycles. The van der Waals surface area contributed by atoms with Crippen molar-refractivity contribution in [2.24, 2.45) is 11.8 Å². The first-order valence-corrected chi connectivity index (χ1v) is 13.9. The average molecular weight is 559 g/mol. The number of amides is 1. The number of carbonyl (C=O) groups is 1. The molecule has 4 aliphatic rings. The molecular formula is C25H26ClF3N2O5S. The van der Waals surface area contributed by atoms with Crippen LogP contribution in [0.15, 0.2) is 35.2 Å². The Kier molecular flexibility index (Phi) is 7.03. The first-order valence-electron chi connectivity index (χ1n) is 12.0. The van der Waals surface area contributed by atoms with E-state index in [2.05, 4.69) is 10.2 Å². The molecule has 2 atom stereocenters. The molecule has 37 heavy (non-hydrogen) atoms. The molecule has 2 bridgehead atoms. The number of benzene rings is 2. The van der Waals surface area contributed by atoms with Crippen molar-refractivity contribution in [1.82, 2.24) is 4.90 Å². The maximum atomic E-state index is 13.6. The van der Waals surface area contributed by atoms with Gasteiger partial charge in [0.15, 0.2) is 27.3 Å². The predicted molar refractivity (Wildman–Crippen MR) is 130 cm³/mol. The van der Waals surface area contributed by atoms with Crippen LogP contribution < -0.4 is 5.32 Å². The second kappa shape index (κ2) is 9.85. The lowest BCUT2D eigenvalue weighted by Gasteiger charge is -2.59. The third-order valence-corrected chi connectivity index (χ3v) is 10.5. The second-order valence-corrected chi connectivity index (χ2v) is 12.6. The molecule has 2 N–H and O–H groups in total. The molecule has 0 spiro atoms. The highest BCUT2D eigenvalue weighted by Crippen LogP contribution is 2.56. The van der Waals surface area contributed by atoms with Gasteiger partial charge in [0.1, 0.15) is 0 Å². The molecule has 1 amide bonds. The monoisotopic (exact) mass is 558 g/mol. The van der Waals surface area contributed by atoms with E-state index < -0.39 is 44.0 Å². The van der Waals surface area contributed by atoms with Gasteiger partial charge in [-0.2, -0.15) is 0 Å². The Hall–Kier alpha value is -2.18. The van der Waals surface area contributed by atoms with E-state index in [0.717, 1.165) is 25.6 Å². The lowest BCUT2D eigenvalue weighted by molar-refractivity contribution is -0.191. The normalized spacial score (nSPS) is 28.0. The van der Waals surface area contributed by atoms with E-state index in [0.29, 0.717) is 31.9 Å². The minimum absolute atomic E-state index is 0.0572. The number of ether oxygens (including phenoxy) is 1. The highest BCUT2D eigenvalue weighted by atomic mass is 35.5. The van der Waals surface area contributed by atoms with Gasteiger partial charge in [-0.15, -0.1) is 0 Å². The van der Waals surface area contributed by atoms with E-state index in [1.54, 1.807) is 0 Å². The molecule has 1 saturated heterocycles. The van der Waals surface area contributed by atoms with Gasteiger partial charge in [0.2, 0.25) is 0 Å². The quantitative estimate of drug-likeness (QED) is 0.526. The van der Waals surface area contributed by atoms with Crippen LogP contribution in [0.4, 0.5) is 18.9 Å². The fraction of sp³-hybridized carbons (Fsp3) is 0.480. The van der Waals surface area contributed by atoms with Gasteiger partial charge in [0.25, 0.3) is 5.91 Å². The molecule has 3 aliphatic carbocycles. The summed E-state index contributed by atoms with van der Waals surface area (Å²) in [7, 11) is -3.95. The van der Waals surface area contributed by atoms with Gasteiger partial charge < -0.3 is 15.2 Å². The highest BCUT2D eigenvalue weighted by Gasteiger charge is 2.60. The van der Waals surface area contributed by atoms with Gasteiger partial charge in [0, 0.05) is 43.0 Å². The maximum Gasteiger partial charge on any atom is 0.255 e. The zero-order chi connectivity index (χ0) is 26.5. The van der Waals surface area contributed by atoms with Crippen LogP contribution in [0.5, 0.6) is 0 Å². The zero-order valence-electron chi connectivity index (χ0n) is 19.7. The number of sulfone groups is 1. The molecule has 12 heteroatoms. The van der Waals surface area contributed by atoms with Gasteiger partial charge >= 0.3 is 0 Å². The summed E-state index contributed by atoms with van der Waals surface area (Å²) in [4.78, 5) is 14.6. The summed E-state index contributed by atoms with van der Waals surface area (Å²) in [5.41, 5.74) is -1.36. The van der Waals surface area contributed by atoms with Gasteiger partial charge in [0.05, 0.1) is 34.0 Å². The number of halogens is 4. The van der Waals surface area contributed by atoms with E-state index in [9.17, 15) is 31.5 Å². The van der Waals surface area contributed by atoms with Crippen molar-refractivity contribution in [1.29, 1.82) is 0 Å². The molecule has 0 aromatic heterocycles. The van der Waals surface area contributed by atoms with E-state index in [1.807, 2.05) is 0 Å². The number of morpholine rings is 1. The minimum Gasteiger partial charge on any atom is -0.388 e. The van der Waals surface area contributed by atoms with Crippen LogP contribution in [-0.2, 0) is 14.6 Å². The van der Waals surface area contributed by atoms with E-state index in [-0.39, 0.29) is 45.8 Å². The fourth-order valence-electron chi connectivity index (χ4n) is 5.76. The number of nitrogens with zero attached hydrogens (tertiary/aromatic N) is 1. The summed E-state index contributed by atoms with van der Waals surface area (Å²) in [5, 5.41) is 12.7. The van der Waals surface area contributed by atoms with Crippen molar-refractivity contribution in [2.75, 3.05) is 38.2 Å². The Morgan fingerprint density at radius 2 is 1.70 bits per heavy atom. The van der Waals surface area contributed by atoms with Gasteiger partial charge in [-0.1, -0.05) is 11.6 Å². The van der Waals surface area contributed by atoms with Crippen LogP contribution in [0.25, 0.3) is 0 Å². The van der Waals surface area contributed by atoms with E-state index in [4.69, 9.17) is 16.3 Å². The van der Waals surface area contributed by atoms with Crippen LogP contribution >= 0.6 is 11.6 Å². The van der Waals surface area contributed by atoms with Crippen LogP contribution in [0.1, 0.15) is 29.6 Å². The van der Waals surface area contributed by atoms with Crippen LogP contribution in [-0.4, -0.2) is 68.0 Å². The number of aliphatic hydroxyl groups is 1. The minimum atomic E-state index is -3.95. The highest BCUT2D eigenvalue weighted by molar-refractivity contribution is 7.92. The standard InChI is InChI=1S/C25H26ClF3N2O5S/c26-19-2-1-14(24(32)30-17-11-20(27)23(29)21(28)12-17)7-22(19)37(34,35)18-9-15-8-16(10-18)25(15,33)13-31-3-5-36-6-4-31/h1-2,7,11-12,15-16,18,33H,3-6,8-10,13H2,(H,30,32). The van der Waals surface area contributed by atoms with Gasteiger partial charge in [-0.25, -0.2) is 21.6 Å². The molecule has 4 fully saturated rings. The van der Waals surface area contributed by atoms with Crippen LogP contribution in [0.3, 0.4) is 0 Å². The van der Waals surface area contributed by atoms with E-state index in [1.165, 1.54) is 12.1 Å². The SMILES string of the molecule is O=C(Nc1cc(F)c(F)c(F)c1)c1ccc(Cl)c(S(=O)(=O)C2CC3CC(C2)C3(O)CN2CCOCC2)c1. The summed E-state index contributed by atoms with van der Waals surface area (Å²) in [6.45, 7) is 3.15. The number of hydrogen-bond acceptors (Lipinski definition) is 6. The van der Waals surface area contributed by atoms with Gasteiger partial charge in [-0.05, 0) is 49.3 Å². The third kappa shape index (κ3) is 4.87. The summed E-state index contributed by atoms with van der Waals surface area (Å²) in [5.74, 6) is -5.78. The van der Waals surface area contributed by atoms with Gasteiger partial charge in [-0.3, -0.25) is 9.69 Å².